The molecule has 2 aliphatic heterocycles. The lowest BCUT2D eigenvalue weighted by molar-refractivity contribution is 0.159. The van der Waals surface area contributed by atoms with Gasteiger partial charge in [-0.15, -0.1) is 0 Å². The molecule has 0 aromatic heterocycles. The van der Waals surface area contributed by atoms with Gasteiger partial charge in [-0.05, 0) is 46.2 Å². The zero-order valence-electron chi connectivity index (χ0n) is 11.4. The highest BCUT2D eigenvalue weighted by Gasteiger charge is 2.36. The number of likely N-dealkylation sites (tertiary alicyclic amines) is 1. The van der Waals surface area contributed by atoms with Crippen molar-refractivity contribution in [1.29, 1.82) is 0 Å². The van der Waals surface area contributed by atoms with Gasteiger partial charge < -0.3 is 5.73 Å². The molecule has 0 radical (unpaired) electrons. The Kier molecular flexibility index (Phi) is 4.31. The number of sulfonamides is 1. The van der Waals surface area contributed by atoms with Crippen LogP contribution in [0.1, 0.15) is 33.1 Å². The van der Waals surface area contributed by atoms with Gasteiger partial charge in [-0.1, -0.05) is 0 Å². The normalized spacial score (nSPS) is 29.2. The highest BCUT2D eigenvalue weighted by Crippen LogP contribution is 2.23. The molecule has 106 valence electrons. The predicted molar refractivity (Wildman–Crippen MR) is 72.8 cm³/mol. The van der Waals surface area contributed by atoms with E-state index in [2.05, 4.69) is 4.90 Å². The van der Waals surface area contributed by atoms with Gasteiger partial charge in [-0.3, -0.25) is 4.90 Å². The molecule has 6 heteroatoms. The molecular weight excluding hydrogens is 250 g/mol. The van der Waals surface area contributed by atoms with Gasteiger partial charge in [0.05, 0.1) is 5.25 Å². The summed E-state index contributed by atoms with van der Waals surface area (Å²) in [5.74, 6) is 0. The van der Waals surface area contributed by atoms with Crippen LogP contribution in [0.25, 0.3) is 0 Å². The van der Waals surface area contributed by atoms with Crippen molar-refractivity contribution in [3.63, 3.8) is 0 Å². The molecule has 18 heavy (non-hydrogen) atoms. The fourth-order valence-electron chi connectivity index (χ4n) is 2.82. The van der Waals surface area contributed by atoms with Crippen LogP contribution in [0, 0.1) is 0 Å². The van der Waals surface area contributed by atoms with E-state index in [0.29, 0.717) is 25.2 Å². The van der Waals surface area contributed by atoms with Crippen LogP contribution in [0.3, 0.4) is 0 Å². The lowest BCUT2D eigenvalue weighted by Gasteiger charge is -2.34. The summed E-state index contributed by atoms with van der Waals surface area (Å²) in [7, 11) is -3.08. The maximum atomic E-state index is 12.1. The van der Waals surface area contributed by atoms with Crippen LogP contribution in [0.15, 0.2) is 0 Å². The quantitative estimate of drug-likeness (QED) is 0.800. The number of rotatable bonds is 3. The van der Waals surface area contributed by atoms with Gasteiger partial charge in [0.2, 0.25) is 10.0 Å². The third-order valence-electron chi connectivity index (χ3n) is 4.17. The second kappa shape index (κ2) is 5.45. The molecule has 0 amide bonds. The number of hydrogen-bond donors (Lipinski definition) is 1. The lowest BCUT2D eigenvalue weighted by Crippen LogP contribution is -2.46. The minimum atomic E-state index is -3.08. The van der Waals surface area contributed by atoms with Crippen LogP contribution in [0.4, 0.5) is 0 Å². The van der Waals surface area contributed by atoms with Crippen molar-refractivity contribution < 1.29 is 8.42 Å². The molecule has 1 unspecified atom stereocenters. The Bertz CT molecular complexity index is 375. The van der Waals surface area contributed by atoms with Crippen molar-refractivity contribution in [2.45, 2.75) is 50.4 Å². The van der Waals surface area contributed by atoms with E-state index in [1.165, 1.54) is 0 Å². The van der Waals surface area contributed by atoms with Gasteiger partial charge in [-0.2, -0.15) is 0 Å². The molecule has 2 heterocycles. The maximum Gasteiger partial charge on any atom is 0.216 e. The van der Waals surface area contributed by atoms with Crippen LogP contribution in [0.5, 0.6) is 0 Å². The summed E-state index contributed by atoms with van der Waals surface area (Å²) in [5.41, 5.74) is 5.90. The Balaban J connectivity index is 1.93. The number of piperidine rings is 1. The Morgan fingerprint density at radius 2 is 1.72 bits per heavy atom. The second-order valence-electron chi connectivity index (χ2n) is 5.77. The molecule has 0 aromatic rings. The Labute approximate surface area is 110 Å². The van der Waals surface area contributed by atoms with Crippen LogP contribution < -0.4 is 5.73 Å². The average molecular weight is 275 g/mol. The first kappa shape index (κ1) is 14.2. The van der Waals surface area contributed by atoms with Crippen molar-refractivity contribution in [3.05, 3.63) is 0 Å². The van der Waals surface area contributed by atoms with Crippen molar-refractivity contribution in [3.8, 4) is 0 Å². The van der Waals surface area contributed by atoms with E-state index in [-0.39, 0.29) is 5.25 Å². The van der Waals surface area contributed by atoms with Crippen molar-refractivity contribution in [1.82, 2.24) is 9.21 Å². The van der Waals surface area contributed by atoms with E-state index in [1.54, 1.807) is 18.2 Å². The summed E-state index contributed by atoms with van der Waals surface area (Å²) >= 11 is 0. The maximum absolute atomic E-state index is 12.1. The summed E-state index contributed by atoms with van der Waals surface area (Å²) in [6.07, 6.45) is 3.03. The Morgan fingerprint density at radius 1 is 1.11 bits per heavy atom. The first-order chi connectivity index (χ1) is 8.41. The van der Waals surface area contributed by atoms with Gasteiger partial charge in [0, 0.05) is 25.2 Å². The predicted octanol–water partition coefficient (Wildman–Crippen LogP) is 0.222. The monoisotopic (exact) mass is 275 g/mol. The number of hydrogen-bond acceptors (Lipinski definition) is 4. The Hall–Kier alpha value is -0.170. The van der Waals surface area contributed by atoms with Crippen LogP contribution >= 0.6 is 0 Å². The molecule has 0 spiro atoms. The molecule has 1 atom stereocenters. The van der Waals surface area contributed by atoms with Gasteiger partial charge in [0.15, 0.2) is 0 Å². The van der Waals surface area contributed by atoms with Gasteiger partial charge in [0.25, 0.3) is 0 Å². The van der Waals surface area contributed by atoms with E-state index >= 15 is 0 Å². The molecule has 2 N–H and O–H groups in total. The summed E-state index contributed by atoms with van der Waals surface area (Å²) in [6, 6.07) is 0.726. The molecule has 2 rings (SSSR count). The van der Waals surface area contributed by atoms with Crippen molar-refractivity contribution in [2.75, 3.05) is 26.2 Å². The third-order valence-corrected chi connectivity index (χ3v) is 6.42. The van der Waals surface area contributed by atoms with Crippen LogP contribution in [-0.4, -0.2) is 61.1 Å². The van der Waals surface area contributed by atoms with Gasteiger partial charge in [0.1, 0.15) is 0 Å². The van der Waals surface area contributed by atoms with Crippen LogP contribution in [-0.2, 0) is 10.0 Å². The molecular formula is C12H25N3O2S. The molecule has 0 aliphatic carbocycles. The summed E-state index contributed by atoms with van der Waals surface area (Å²) in [5, 5.41) is -0.314. The molecule has 2 aliphatic rings. The molecule has 0 saturated carbocycles. The molecule has 0 aromatic carbocycles. The van der Waals surface area contributed by atoms with Gasteiger partial charge in [-0.25, -0.2) is 12.7 Å². The van der Waals surface area contributed by atoms with Crippen molar-refractivity contribution >= 4 is 10.0 Å². The number of nitrogens with zero attached hydrogens (tertiary/aromatic N) is 2. The highest BCUT2D eigenvalue weighted by atomic mass is 32.2. The summed E-state index contributed by atoms with van der Waals surface area (Å²) < 4.78 is 25.9. The van der Waals surface area contributed by atoms with Gasteiger partial charge >= 0.3 is 0 Å². The van der Waals surface area contributed by atoms with Crippen LogP contribution in [0.2, 0.25) is 0 Å². The van der Waals surface area contributed by atoms with Crippen molar-refractivity contribution in [2.24, 2.45) is 5.73 Å². The highest BCUT2D eigenvalue weighted by molar-refractivity contribution is 7.89. The fraction of sp³-hybridized carbons (Fsp3) is 1.00. The molecule has 2 fully saturated rings. The van der Waals surface area contributed by atoms with E-state index < -0.39 is 10.0 Å². The topological polar surface area (TPSA) is 66.6 Å². The first-order valence-electron chi connectivity index (χ1n) is 6.90. The number of nitrogens with two attached hydrogens (primary N) is 1. The summed E-state index contributed by atoms with van der Waals surface area (Å²) in [6.45, 7) is 6.87. The zero-order valence-corrected chi connectivity index (χ0v) is 12.2. The average Bonchev–Trinajstić information content (AvgIpc) is 2.79. The zero-order chi connectivity index (χ0) is 13.3. The standard InChI is InChI=1S/C12H25N3O2S/c1-10(2)18(16,17)15-8-5-12(9-15)14-6-3-11(13)4-7-14/h10-12H,3-9,13H2,1-2H3. The van der Waals surface area contributed by atoms with E-state index in [9.17, 15) is 8.42 Å². The minimum absolute atomic E-state index is 0.314. The first-order valence-corrected chi connectivity index (χ1v) is 8.40. The molecule has 5 nitrogen and oxygen atoms in total. The Morgan fingerprint density at radius 3 is 2.28 bits per heavy atom. The smallest absolute Gasteiger partial charge is 0.216 e. The molecule has 2 saturated heterocycles. The SMILES string of the molecule is CC(C)S(=O)(=O)N1CCC(N2CCC(N)CC2)C1. The second-order valence-corrected chi connectivity index (χ2v) is 8.26. The van der Waals surface area contributed by atoms with E-state index in [1.807, 2.05) is 0 Å². The third kappa shape index (κ3) is 2.87. The molecule has 0 bridgehead atoms. The lowest BCUT2D eigenvalue weighted by atomic mass is 10.0. The largest absolute Gasteiger partial charge is 0.328 e. The fourth-order valence-corrected chi connectivity index (χ4v) is 4.16. The van der Waals surface area contributed by atoms with E-state index in [4.69, 9.17) is 5.73 Å². The summed E-state index contributed by atoms with van der Waals surface area (Å²) in [4.78, 5) is 2.42. The minimum Gasteiger partial charge on any atom is -0.328 e. The van der Waals surface area contributed by atoms with E-state index in [0.717, 1.165) is 32.4 Å².